The van der Waals surface area contributed by atoms with Crippen LogP contribution in [0.3, 0.4) is 0 Å². The first-order chi connectivity index (χ1) is 12.3. The van der Waals surface area contributed by atoms with Crippen molar-refractivity contribution in [3.05, 3.63) is 23.5 Å². The summed E-state index contributed by atoms with van der Waals surface area (Å²) >= 11 is 0. The van der Waals surface area contributed by atoms with Gasteiger partial charge >= 0.3 is 0 Å². The molecule has 0 aromatic heterocycles. The molecule has 1 aliphatic carbocycles. The van der Waals surface area contributed by atoms with Gasteiger partial charge in [-0.15, -0.1) is 0 Å². The van der Waals surface area contributed by atoms with Crippen molar-refractivity contribution in [2.75, 3.05) is 0 Å². The number of nitrogens with one attached hydrogen (secondary N) is 4. The Labute approximate surface area is 159 Å². The Hall–Kier alpha value is -2.64. The second-order valence-corrected chi connectivity index (χ2v) is 8.52. The lowest BCUT2D eigenvalue weighted by Crippen LogP contribution is -2.61. The molecule has 0 saturated carbocycles. The molecule has 8 nitrogen and oxygen atoms in total. The number of hydrogen-bond donors (Lipinski definition) is 4. The Balaban J connectivity index is 2.52. The van der Waals surface area contributed by atoms with Crippen LogP contribution >= 0.6 is 0 Å². The van der Waals surface area contributed by atoms with E-state index >= 15 is 0 Å². The minimum atomic E-state index is -1.48. The minimum absolute atomic E-state index is 0.428. The lowest BCUT2D eigenvalue weighted by atomic mass is 9.88. The third kappa shape index (κ3) is 4.20. The Morgan fingerprint density at radius 1 is 0.741 bits per heavy atom. The zero-order valence-corrected chi connectivity index (χ0v) is 16.7. The van der Waals surface area contributed by atoms with Crippen molar-refractivity contribution in [1.29, 1.82) is 0 Å². The van der Waals surface area contributed by atoms with Gasteiger partial charge in [-0.25, -0.2) is 0 Å². The van der Waals surface area contributed by atoms with Crippen LogP contribution in [-0.2, 0) is 19.2 Å². The molecule has 0 spiro atoms. The number of hydrogen-bond acceptors (Lipinski definition) is 4. The van der Waals surface area contributed by atoms with Crippen LogP contribution in [0.5, 0.6) is 0 Å². The van der Waals surface area contributed by atoms with E-state index in [0.29, 0.717) is 17.8 Å². The maximum atomic E-state index is 12.7. The van der Waals surface area contributed by atoms with Crippen molar-refractivity contribution in [3.8, 4) is 0 Å². The van der Waals surface area contributed by atoms with E-state index in [1.54, 1.807) is 33.8 Å². The SMILES string of the molecule is CC1(C)NC(=O)C(C)(C)C(=O)NC(C)(C)C(=O)NC2=C(C=CCC2)NC1=O. The van der Waals surface area contributed by atoms with Crippen LogP contribution in [-0.4, -0.2) is 34.7 Å². The van der Waals surface area contributed by atoms with Crippen molar-refractivity contribution < 1.29 is 19.2 Å². The molecular weight excluding hydrogens is 348 g/mol. The molecule has 148 valence electrons. The molecule has 0 aromatic rings. The molecule has 0 saturated heterocycles. The number of carbonyl (C=O) groups excluding carboxylic acids is 4. The van der Waals surface area contributed by atoms with Gasteiger partial charge in [-0.2, -0.15) is 0 Å². The molecule has 0 unspecified atom stereocenters. The highest BCUT2D eigenvalue weighted by Crippen LogP contribution is 2.22. The zero-order chi connectivity index (χ0) is 20.6. The van der Waals surface area contributed by atoms with Crippen LogP contribution in [0.4, 0.5) is 0 Å². The predicted octanol–water partition coefficient (Wildman–Crippen LogP) is 0.610. The topological polar surface area (TPSA) is 116 Å². The zero-order valence-electron chi connectivity index (χ0n) is 16.7. The lowest BCUT2D eigenvalue weighted by molar-refractivity contribution is -0.146. The third-order valence-electron chi connectivity index (χ3n) is 4.81. The summed E-state index contributed by atoms with van der Waals surface area (Å²) in [7, 11) is 0. The highest BCUT2D eigenvalue weighted by molar-refractivity contribution is 6.07. The summed E-state index contributed by atoms with van der Waals surface area (Å²) in [5.74, 6) is -2.08. The molecule has 0 atom stereocenters. The fourth-order valence-corrected chi connectivity index (χ4v) is 2.58. The summed E-state index contributed by atoms with van der Waals surface area (Å²) in [4.78, 5) is 50.9. The predicted molar refractivity (Wildman–Crippen MR) is 99.9 cm³/mol. The summed E-state index contributed by atoms with van der Waals surface area (Å²) in [5, 5.41) is 10.9. The van der Waals surface area contributed by atoms with E-state index in [0.717, 1.165) is 6.42 Å². The highest BCUT2D eigenvalue weighted by Gasteiger charge is 2.44. The van der Waals surface area contributed by atoms with E-state index in [4.69, 9.17) is 0 Å². The second-order valence-electron chi connectivity index (χ2n) is 8.52. The largest absolute Gasteiger partial charge is 0.341 e. The van der Waals surface area contributed by atoms with Gasteiger partial charge in [0.1, 0.15) is 16.5 Å². The Morgan fingerprint density at radius 3 is 1.74 bits per heavy atom. The maximum Gasteiger partial charge on any atom is 0.249 e. The lowest BCUT2D eigenvalue weighted by Gasteiger charge is -2.32. The molecular formula is C19H28N4O4. The van der Waals surface area contributed by atoms with Crippen molar-refractivity contribution in [1.82, 2.24) is 21.3 Å². The molecule has 4 N–H and O–H groups in total. The first-order valence-electron chi connectivity index (χ1n) is 8.95. The van der Waals surface area contributed by atoms with Crippen LogP contribution in [0, 0.1) is 5.41 Å². The highest BCUT2D eigenvalue weighted by atomic mass is 16.2. The summed E-state index contributed by atoms with van der Waals surface area (Å²) in [6.07, 6.45) is 4.88. The van der Waals surface area contributed by atoms with Gasteiger partial charge in [0.25, 0.3) is 0 Å². The van der Waals surface area contributed by atoms with Crippen molar-refractivity contribution in [3.63, 3.8) is 0 Å². The van der Waals surface area contributed by atoms with E-state index in [1.807, 2.05) is 6.08 Å². The molecule has 0 bridgehead atoms. The van der Waals surface area contributed by atoms with Gasteiger partial charge in [-0.05, 0) is 60.5 Å². The number of allylic oxidation sites excluding steroid dienone is 3. The van der Waals surface area contributed by atoms with Gasteiger partial charge in [0.15, 0.2) is 0 Å². The minimum Gasteiger partial charge on any atom is -0.341 e. The Bertz CT molecular complexity index is 760. The van der Waals surface area contributed by atoms with Crippen LogP contribution < -0.4 is 21.3 Å². The van der Waals surface area contributed by atoms with Gasteiger partial charge < -0.3 is 21.3 Å². The fraction of sp³-hybridized carbons (Fsp3) is 0.579. The first-order valence-corrected chi connectivity index (χ1v) is 8.95. The quantitative estimate of drug-likeness (QED) is 0.464. The van der Waals surface area contributed by atoms with E-state index < -0.39 is 40.1 Å². The molecule has 0 radical (unpaired) electrons. The van der Waals surface area contributed by atoms with Crippen molar-refractivity contribution >= 4 is 23.6 Å². The van der Waals surface area contributed by atoms with Crippen LogP contribution in [0.2, 0.25) is 0 Å². The molecule has 0 fully saturated rings. The monoisotopic (exact) mass is 376 g/mol. The summed E-state index contributed by atoms with van der Waals surface area (Å²) < 4.78 is 0. The van der Waals surface area contributed by atoms with Gasteiger partial charge in [0, 0.05) is 5.70 Å². The number of amides is 4. The Kier molecular flexibility index (Phi) is 5.23. The van der Waals surface area contributed by atoms with Gasteiger partial charge in [0.2, 0.25) is 23.6 Å². The van der Waals surface area contributed by atoms with Gasteiger partial charge in [0.05, 0.1) is 5.70 Å². The molecule has 1 heterocycles. The van der Waals surface area contributed by atoms with Gasteiger partial charge in [-0.1, -0.05) is 6.08 Å². The average Bonchev–Trinajstić information content (AvgIpc) is 2.54. The van der Waals surface area contributed by atoms with Crippen molar-refractivity contribution in [2.24, 2.45) is 5.41 Å². The van der Waals surface area contributed by atoms with E-state index in [9.17, 15) is 19.2 Å². The molecule has 8 heteroatoms. The molecule has 2 rings (SSSR count). The number of rotatable bonds is 0. The smallest absolute Gasteiger partial charge is 0.249 e. The average molecular weight is 376 g/mol. The summed E-state index contributed by atoms with van der Waals surface area (Å²) in [5.41, 5.74) is -2.94. The normalized spacial score (nSPS) is 25.0. The summed E-state index contributed by atoms with van der Waals surface area (Å²) in [6.45, 7) is 9.15. The third-order valence-corrected chi connectivity index (χ3v) is 4.81. The Morgan fingerprint density at radius 2 is 1.22 bits per heavy atom. The van der Waals surface area contributed by atoms with Crippen LogP contribution in [0.1, 0.15) is 54.4 Å². The molecule has 2 aliphatic rings. The molecule has 0 aromatic carbocycles. The molecule has 4 amide bonds. The van der Waals surface area contributed by atoms with E-state index in [-0.39, 0.29) is 0 Å². The number of carbonyl (C=O) groups is 4. The van der Waals surface area contributed by atoms with Crippen molar-refractivity contribution in [2.45, 2.75) is 65.5 Å². The van der Waals surface area contributed by atoms with E-state index in [1.165, 1.54) is 13.8 Å². The molecule has 27 heavy (non-hydrogen) atoms. The van der Waals surface area contributed by atoms with E-state index in [2.05, 4.69) is 21.3 Å². The fourth-order valence-electron chi connectivity index (χ4n) is 2.58. The first kappa shape index (κ1) is 20.7. The van der Waals surface area contributed by atoms with Crippen LogP contribution in [0.25, 0.3) is 0 Å². The van der Waals surface area contributed by atoms with Crippen LogP contribution in [0.15, 0.2) is 23.5 Å². The molecule has 1 aliphatic heterocycles. The maximum absolute atomic E-state index is 12.7. The standard InChI is InChI=1S/C19H28N4O4/c1-17(2)13(24)22-18(3,4)15(26)20-11-9-7-8-10-12(11)21-16(27)19(5,6)23-14(17)25/h7,9H,8,10H2,1-6H3,(H,20,26)(H,21,27)(H,22,24)(H,23,25). The van der Waals surface area contributed by atoms with Gasteiger partial charge in [-0.3, -0.25) is 19.2 Å². The summed E-state index contributed by atoms with van der Waals surface area (Å²) in [6, 6.07) is 0. The second kappa shape index (κ2) is 6.83.